The fourth-order valence-electron chi connectivity index (χ4n) is 2.22. The highest BCUT2D eigenvalue weighted by Gasteiger charge is 2.20. The summed E-state index contributed by atoms with van der Waals surface area (Å²) < 4.78 is 0. The fraction of sp³-hybridized carbons (Fsp3) is 0.538. The third-order valence-electron chi connectivity index (χ3n) is 3.20. The third kappa shape index (κ3) is 3.43. The molecule has 1 aromatic heterocycles. The van der Waals surface area contributed by atoms with E-state index in [2.05, 4.69) is 15.2 Å². The van der Waals surface area contributed by atoms with Crippen LogP contribution in [0.3, 0.4) is 0 Å². The second kappa shape index (κ2) is 6.35. The number of rotatable bonds is 4. The maximum atomic E-state index is 11.4. The lowest BCUT2D eigenvalue weighted by molar-refractivity contribution is -0.121. The van der Waals surface area contributed by atoms with E-state index in [1.807, 2.05) is 24.4 Å². The molecule has 0 spiro atoms. The Kier molecular flexibility index (Phi) is 4.52. The van der Waals surface area contributed by atoms with Crippen molar-refractivity contribution in [2.75, 3.05) is 24.5 Å². The maximum Gasteiger partial charge on any atom is 0.221 e. The highest BCUT2D eigenvalue weighted by atomic mass is 16.1. The van der Waals surface area contributed by atoms with Crippen LogP contribution in [0.5, 0.6) is 0 Å². The average molecular weight is 248 g/mol. The minimum atomic E-state index is 0.0637. The number of pyridine rings is 1. The van der Waals surface area contributed by atoms with Crippen molar-refractivity contribution in [1.82, 2.24) is 10.3 Å². The molecule has 0 radical (unpaired) electrons. The molecule has 0 bridgehead atoms. The van der Waals surface area contributed by atoms with Gasteiger partial charge < -0.3 is 16.0 Å². The molecule has 5 heteroatoms. The SMILES string of the molecule is NCCC(=O)NC1CCN(c2ccccn2)CC1. The van der Waals surface area contributed by atoms with E-state index in [1.54, 1.807) is 0 Å². The van der Waals surface area contributed by atoms with E-state index < -0.39 is 0 Å². The summed E-state index contributed by atoms with van der Waals surface area (Å²) in [5.74, 6) is 1.08. The van der Waals surface area contributed by atoms with Crippen molar-refractivity contribution in [3.8, 4) is 0 Å². The Balaban J connectivity index is 1.80. The topological polar surface area (TPSA) is 71.2 Å². The van der Waals surface area contributed by atoms with Gasteiger partial charge in [0, 0.05) is 38.3 Å². The van der Waals surface area contributed by atoms with Gasteiger partial charge in [-0.05, 0) is 25.0 Å². The lowest BCUT2D eigenvalue weighted by Crippen LogP contribution is -2.45. The zero-order chi connectivity index (χ0) is 12.8. The molecule has 1 aromatic rings. The molecule has 0 aromatic carbocycles. The summed E-state index contributed by atoms with van der Waals surface area (Å²) in [6.45, 7) is 2.29. The van der Waals surface area contributed by atoms with Gasteiger partial charge >= 0.3 is 0 Å². The van der Waals surface area contributed by atoms with Gasteiger partial charge in [-0.15, -0.1) is 0 Å². The Morgan fingerprint density at radius 2 is 2.22 bits per heavy atom. The summed E-state index contributed by atoms with van der Waals surface area (Å²) in [7, 11) is 0. The van der Waals surface area contributed by atoms with E-state index >= 15 is 0 Å². The molecule has 1 amide bonds. The van der Waals surface area contributed by atoms with E-state index in [4.69, 9.17) is 5.73 Å². The van der Waals surface area contributed by atoms with Crippen LogP contribution in [-0.2, 0) is 4.79 Å². The molecule has 2 rings (SSSR count). The first-order valence-electron chi connectivity index (χ1n) is 6.45. The monoisotopic (exact) mass is 248 g/mol. The van der Waals surface area contributed by atoms with Crippen LogP contribution in [-0.4, -0.2) is 36.6 Å². The largest absolute Gasteiger partial charge is 0.356 e. The number of anilines is 1. The fourth-order valence-corrected chi connectivity index (χ4v) is 2.22. The zero-order valence-electron chi connectivity index (χ0n) is 10.5. The summed E-state index contributed by atoms with van der Waals surface area (Å²) >= 11 is 0. The highest BCUT2D eigenvalue weighted by molar-refractivity contribution is 5.76. The lowest BCUT2D eigenvalue weighted by atomic mass is 10.0. The van der Waals surface area contributed by atoms with Crippen LogP contribution in [0.4, 0.5) is 5.82 Å². The van der Waals surface area contributed by atoms with Gasteiger partial charge in [0.15, 0.2) is 0 Å². The predicted molar refractivity (Wildman–Crippen MR) is 71.3 cm³/mol. The Hall–Kier alpha value is -1.62. The second-order valence-corrected chi connectivity index (χ2v) is 4.56. The van der Waals surface area contributed by atoms with Crippen LogP contribution in [0.25, 0.3) is 0 Å². The van der Waals surface area contributed by atoms with Gasteiger partial charge in [0.2, 0.25) is 5.91 Å². The van der Waals surface area contributed by atoms with E-state index in [1.165, 1.54) is 0 Å². The molecule has 1 fully saturated rings. The lowest BCUT2D eigenvalue weighted by Gasteiger charge is -2.33. The van der Waals surface area contributed by atoms with Crippen LogP contribution in [0.1, 0.15) is 19.3 Å². The Morgan fingerprint density at radius 3 is 2.83 bits per heavy atom. The number of nitrogens with zero attached hydrogens (tertiary/aromatic N) is 2. The molecule has 0 aliphatic carbocycles. The molecular weight excluding hydrogens is 228 g/mol. The number of piperidine rings is 1. The summed E-state index contributed by atoms with van der Waals surface area (Å²) in [5, 5.41) is 3.03. The van der Waals surface area contributed by atoms with Gasteiger partial charge in [-0.2, -0.15) is 0 Å². The van der Waals surface area contributed by atoms with E-state index in [0.717, 1.165) is 31.7 Å². The molecule has 3 N–H and O–H groups in total. The Morgan fingerprint density at radius 1 is 1.44 bits per heavy atom. The van der Waals surface area contributed by atoms with Crippen LogP contribution < -0.4 is 16.0 Å². The molecule has 1 aliphatic heterocycles. The van der Waals surface area contributed by atoms with Crippen molar-refractivity contribution in [3.63, 3.8) is 0 Å². The molecule has 1 aliphatic rings. The smallest absolute Gasteiger partial charge is 0.221 e. The summed E-state index contributed by atoms with van der Waals surface area (Å²) in [6, 6.07) is 6.22. The quantitative estimate of drug-likeness (QED) is 0.814. The van der Waals surface area contributed by atoms with Crippen LogP contribution in [0.2, 0.25) is 0 Å². The Bertz CT molecular complexity index is 374. The normalized spacial score (nSPS) is 16.6. The summed E-state index contributed by atoms with van der Waals surface area (Å²) in [6.07, 6.45) is 4.16. The van der Waals surface area contributed by atoms with Gasteiger partial charge in [-0.25, -0.2) is 4.98 Å². The standard InChI is InChI=1S/C13H20N4O/c14-7-4-13(18)16-11-5-9-17(10-6-11)12-3-1-2-8-15-12/h1-3,8,11H,4-7,9-10,14H2,(H,16,18). The third-order valence-corrected chi connectivity index (χ3v) is 3.20. The number of nitrogens with one attached hydrogen (secondary N) is 1. The second-order valence-electron chi connectivity index (χ2n) is 4.56. The van der Waals surface area contributed by atoms with E-state index in [9.17, 15) is 4.79 Å². The number of carbonyl (C=O) groups is 1. The first kappa shape index (κ1) is 12.8. The minimum Gasteiger partial charge on any atom is -0.356 e. The first-order valence-corrected chi connectivity index (χ1v) is 6.45. The number of carbonyl (C=O) groups excluding carboxylic acids is 1. The molecular formula is C13H20N4O. The zero-order valence-corrected chi connectivity index (χ0v) is 10.5. The summed E-state index contributed by atoms with van der Waals surface area (Å²) in [4.78, 5) is 18.0. The number of hydrogen-bond donors (Lipinski definition) is 2. The van der Waals surface area contributed by atoms with Gasteiger partial charge in [-0.3, -0.25) is 4.79 Å². The van der Waals surface area contributed by atoms with E-state index in [0.29, 0.717) is 13.0 Å². The predicted octanol–water partition coefficient (Wildman–Crippen LogP) is 0.515. The number of aromatic nitrogens is 1. The Labute approximate surface area is 107 Å². The molecule has 18 heavy (non-hydrogen) atoms. The number of hydrogen-bond acceptors (Lipinski definition) is 4. The highest BCUT2D eigenvalue weighted by Crippen LogP contribution is 2.17. The molecule has 0 atom stereocenters. The van der Waals surface area contributed by atoms with Crippen LogP contribution >= 0.6 is 0 Å². The van der Waals surface area contributed by atoms with Crippen molar-refractivity contribution in [2.45, 2.75) is 25.3 Å². The van der Waals surface area contributed by atoms with Gasteiger partial charge in [-0.1, -0.05) is 6.07 Å². The molecule has 98 valence electrons. The molecule has 5 nitrogen and oxygen atoms in total. The van der Waals surface area contributed by atoms with Gasteiger partial charge in [0.25, 0.3) is 0 Å². The van der Waals surface area contributed by atoms with E-state index in [-0.39, 0.29) is 11.9 Å². The van der Waals surface area contributed by atoms with Crippen molar-refractivity contribution in [2.24, 2.45) is 5.73 Å². The molecule has 0 unspecified atom stereocenters. The van der Waals surface area contributed by atoms with Crippen LogP contribution in [0, 0.1) is 0 Å². The summed E-state index contributed by atoms with van der Waals surface area (Å²) in [5.41, 5.74) is 5.36. The average Bonchev–Trinajstić information content (AvgIpc) is 2.41. The van der Waals surface area contributed by atoms with Gasteiger partial charge in [0.05, 0.1) is 0 Å². The first-order chi connectivity index (χ1) is 8.79. The van der Waals surface area contributed by atoms with Gasteiger partial charge in [0.1, 0.15) is 5.82 Å². The molecule has 0 saturated carbocycles. The van der Waals surface area contributed by atoms with Crippen molar-refractivity contribution in [3.05, 3.63) is 24.4 Å². The number of amides is 1. The minimum absolute atomic E-state index is 0.0637. The maximum absolute atomic E-state index is 11.4. The van der Waals surface area contributed by atoms with Crippen molar-refractivity contribution in [1.29, 1.82) is 0 Å². The van der Waals surface area contributed by atoms with Crippen molar-refractivity contribution >= 4 is 11.7 Å². The van der Waals surface area contributed by atoms with Crippen molar-refractivity contribution < 1.29 is 4.79 Å². The van der Waals surface area contributed by atoms with Crippen LogP contribution in [0.15, 0.2) is 24.4 Å². The molecule has 2 heterocycles. The molecule has 1 saturated heterocycles. The number of nitrogens with two attached hydrogens (primary N) is 1.